The number of ether oxygens (including phenoxy) is 1. The molecule has 3 rings (SSSR count). The Morgan fingerprint density at radius 3 is 2.55 bits per heavy atom. The van der Waals surface area contributed by atoms with E-state index in [1.807, 2.05) is 0 Å². The molecule has 0 unspecified atom stereocenters. The van der Waals surface area contributed by atoms with Crippen LogP contribution in [0.15, 0.2) is 18.2 Å². The number of esters is 1. The van der Waals surface area contributed by atoms with Crippen LogP contribution in [0.5, 0.6) is 0 Å². The van der Waals surface area contributed by atoms with Crippen LogP contribution in [0.3, 0.4) is 0 Å². The molecule has 0 fully saturated rings. The third kappa shape index (κ3) is 3.36. The first-order chi connectivity index (χ1) is 13.7. The molecule has 0 atom stereocenters. The number of thiophene rings is 1. The SMILES string of the molecule is COC(=O)c1c(NC(=O)CN2C(=O)c3cccc([N+](=O)[O-])c3C2=O)sc(C)c1C. The summed E-state index contributed by atoms with van der Waals surface area (Å²) in [7, 11) is 1.21. The minimum absolute atomic E-state index is 0.130. The van der Waals surface area contributed by atoms with E-state index in [2.05, 4.69) is 5.32 Å². The van der Waals surface area contributed by atoms with Crippen LogP contribution in [-0.4, -0.2) is 47.2 Å². The van der Waals surface area contributed by atoms with E-state index < -0.39 is 40.8 Å². The van der Waals surface area contributed by atoms with E-state index in [0.29, 0.717) is 10.5 Å². The standard InChI is InChI=1S/C18H15N3O7S/c1-8-9(2)29-15(13(8)18(25)28-3)19-12(22)7-20-16(23)10-5-4-6-11(21(26)27)14(10)17(20)24/h4-6H,7H2,1-3H3,(H,19,22). The second kappa shape index (κ2) is 7.43. The number of anilines is 1. The van der Waals surface area contributed by atoms with E-state index in [0.717, 1.165) is 22.3 Å². The average Bonchev–Trinajstić information content (AvgIpc) is 3.09. The van der Waals surface area contributed by atoms with Crippen molar-refractivity contribution >= 4 is 45.7 Å². The molecule has 10 nitrogen and oxygen atoms in total. The van der Waals surface area contributed by atoms with E-state index in [9.17, 15) is 29.3 Å². The minimum Gasteiger partial charge on any atom is -0.465 e. The molecule has 1 aromatic carbocycles. The number of hydrogen-bond donors (Lipinski definition) is 1. The fourth-order valence-corrected chi connectivity index (χ4v) is 4.05. The summed E-state index contributed by atoms with van der Waals surface area (Å²) in [6.45, 7) is 2.82. The van der Waals surface area contributed by atoms with Gasteiger partial charge in [0.1, 0.15) is 17.1 Å². The molecule has 2 aromatic rings. The van der Waals surface area contributed by atoms with Crippen LogP contribution < -0.4 is 5.32 Å². The Balaban J connectivity index is 1.85. The van der Waals surface area contributed by atoms with Crippen molar-refractivity contribution in [3.63, 3.8) is 0 Å². The normalized spacial score (nSPS) is 12.7. The number of nitrogens with zero attached hydrogens (tertiary/aromatic N) is 2. The third-order valence-corrected chi connectivity index (χ3v) is 5.63. The van der Waals surface area contributed by atoms with Crippen molar-refractivity contribution in [1.29, 1.82) is 0 Å². The predicted molar refractivity (Wildman–Crippen MR) is 102 cm³/mol. The first-order valence-corrected chi connectivity index (χ1v) is 9.10. The van der Waals surface area contributed by atoms with Crippen LogP contribution in [0.2, 0.25) is 0 Å². The number of nitro benzene ring substituents is 1. The smallest absolute Gasteiger partial charge is 0.341 e. The Bertz CT molecular complexity index is 1090. The zero-order valence-electron chi connectivity index (χ0n) is 15.6. The maximum absolute atomic E-state index is 12.5. The Kier molecular flexibility index (Phi) is 5.16. The summed E-state index contributed by atoms with van der Waals surface area (Å²) in [6.07, 6.45) is 0. The van der Waals surface area contributed by atoms with E-state index in [1.165, 1.54) is 19.2 Å². The predicted octanol–water partition coefficient (Wildman–Crippen LogP) is 2.29. The largest absolute Gasteiger partial charge is 0.465 e. The highest BCUT2D eigenvalue weighted by Crippen LogP contribution is 2.34. The maximum Gasteiger partial charge on any atom is 0.341 e. The Labute approximate surface area is 168 Å². The summed E-state index contributed by atoms with van der Waals surface area (Å²) >= 11 is 1.16. The molecule has 1 aromatic heterocycles. The van der Waals surface area contributed by atoms with Crippen molar-refractivity contribution in [2.75, 3.05) is 19.0 Å². The monoisotopic (exact) mass is 417 g/mol. The van der Waals surface area contributed by atoms with Gasteiger partial charge in [-0.2, -0.15) is 0 Å². The van der Waals surface area contributed by atoms with Crippen LogP contribution >= 0.6 is 11.3 Å². The number of nitrogens with one attached hydrogen (secondary N) is 1. The van der Waals surface area contributed by atoms with Crippen molar-refractivity contribution in [1.82, 2.24) is 4.90 Å². The summed E-state index contributed by atoms with van der Waals surface area (Å²) in [5, 5.41) is 13.9. The molecule has 0 aliphatic carbocycles. The third-order valence-electron chi connectivity index (χ3n) is 4.50. The highest BCUT2D eigenvalue weighted by atomic mass is 32.1. The zero-order chi connectivity index (χ0) is 21.5. The Hall–Kier alpha value is -3.60. The van der Waals surface area contributed by atoms with E-state index >= 15 is 0 Å². The van der Waals surface area contributed by atoms with E-state index in [-0.39, 0.29) is 21.7 Å². The number of aryl methyl sites for hydroxylation is 1. The lowest BCUT2D eigenvalue weighted by molar-refractivity contribution is -0.385. The maximum atomic E-state index is 12.5. The summed E-state index contributed by atoms with van der Waals surface area (Å²) in [5.74, 6) is -3.07. The molecule has 29 heavy (non-hydrogen) atoms. The van der Waals surface area contributed by atoms with Crippen molar-refractivity contribution in [2.45, 2.75) is 13.8 Å². The molecule has 11 heteroatoms. The topological polar surface area (TPSA) is 136 Å². The van der Waals surface area contributed by atoms with Gasteiger partial charge in [-0.05, 0) is 25.5 Å². The van der Waals surface area contributed by atoms with Gasteiger partial charge in [-0.15, -0.1) is 11.3 Å². The number of rotatable bonds is 5. The molecule has 0 saturated carbocycles. The van der Waals surface area contributed by atoms with Gasteiger partial charge in [0.25, 0.3) is 17.5 Å². The van der Waals surface area contributed by atoms with Gasteiger partial charge in [0.15, 0.2) is 0 Å². The van der Waals surface area contributed by atoms with Gasteiger partial charge in [-0.25, -0.2) is 4.79 Å². The quantitative estimate of drug-likeness (QED) is 0.341. The van der Waals surface area contributed by atoms with E-state index in [1.54, 1.807) is 13.8 Å². The molecule has 3 amide bonds. The van der Waals surface area contributed by atoms with Crippen molar-refractivity contribution in [3.8, 4) is 0 Å². The number of hydrogen-bond acceptors (Lipinski definition) is 8. The van der Waals surface area contributed by atoms with Crippen LogP contribution in [0, 0.1) is 24.0 Å². The molecule has 0 saturated heterocycles. The number of nitro groups is 1. The van der Waals surface area contributed by atoms with Crippen LogP contribution in [0.1, 0.15) is 41.5 Å². The Morgan fingerprint density at radius 2 is 1.93 bits per heavy atom. The molecule has 150 valence electrons. The highest BCUT2D eigenvalue weighted by Gasteiger charge is 2.41. The van der Waals surface area contributed by atoms with Crippen molar-refractivity contribution < 1.29 is 28.8 Å². The van der Waals surface area contributed by atoms with Gasteiger partial charge < -0.3 is 10.1 Å². The van der Waals surface area contributed by atoms with Crippen LogP contribution in [-0.2, 0) is 9.53 Å². The minimum atomic E-state index is -0.917. The summed E-state index contributed by atoms with van der Waals surface area (Å²) in [6, 6.07) is 3.71. The number of imide groups is 1. The molecule has 2 heterocycles. The van der Waals surface area contributed by atoms with Crippen LogP contribution in [0.25, 0.3) is 0 Å². The summed E-state index contributed by atoms with van der Waals surface area (Å²) < 4.78 is 4.73. The zero-order valence-corrected chi connectivity index (χ0v) is 16.4. The molecule has 1 aliphatic heterocycles. The van der Waals surface area contributed by atoms with Gasteiger partial charge in [0.05, 0.1) is 23.2 Å². The lowest BCUT2D eigenvalue weighted by atomic mass is 10.1. The van der Waals surface area contributed by atoms with E-state index in [4.69, 9.17) is 4.74 Å². The molecular weight excluding hydrogens is 402 g/mol. The molecule has 0 radical (unpaired) electrons. The second-order valence-electron chi connectivity index (χ2n) is 6.18. The van der Waals surface area contributed by atoms with Crippen molar-refractivity contribution in [2.24, 2.45) is 0 Å². The van der Waals surface area contributed by atoms with Crippen LogP contribution in [0.4, 0.5) is 10.7 Å². The highest BCUT2D eigenvalue weighted by molar-refractivity contribution is 7.16. The molecular formula is C18H15N3O7S. The van der Waals surface area contributed by atoms with Gasteiger partial charge in [0.2, 0.25) is 5.91 Å². The number of benzene rings is 1. The van der Waals surface area contributed by atoms with Gasteiger partial charge in [0, 0.05) is 10.9 Å². The summed E-state index contributed by atoms with van der Waals surface area (Å²) in [4.78, 5) is 61.3. The Morgan fingerprint density at radius 1 is 1.24 bits per heavy atom. The molecule has 0 bridgehead atoms. The van der Waals surface area contributed by atoms with Gasteiger partial charge in [-0.1, -0.05) is 6.07 Å². The lowest BCUT2D eigenvalue weighted by Gasteiger charge is -2.13. The van der Waals surface area contributed by atoms with Crippen molar-refractivity contribution in [3.05, 3.63) is 55.4 Å². The first-order valence-electron chi connectivity index (χ1n) is 8.29. The lowest BCUT2D eigenvalue weighted by Crippen LogP contribution is -2.37. The number of fused-ring (bicyclic) bond motifs is 1. The average molecular weight is 417 g/mol. The van der Waals surface area contributed by atoms with Gasteiger partial charge >= 0.3 is 5.97 Å². The molecule has 1 aliphatic rings. The fourth-order valence-electron chi connectivity index (χ4n) is 2.98. The first kappa shape index (κ1) is 20.1. The molecule has 0 spiro atoms. The fraction of sp³-hybridized carbons (Fsp3) is 0.222. The summed E-state index contributed by atoms with van der Waals surface area (Å²) in [5.41, 5.74) is -0.125. The number of methoxy groups -OCH3 is 1. The van der Waals surface area contributed by atoms with Gasteiger partial charge in [-0.3, -0.25) is 29.4 Å². The number of carbonyl (C=O) groups is 4. The number of carbonyl (C=O) groups excluding carboxylic acids is 4. The second-order valence-corrected chi connectivity index (χ2v) is 7.41. The molecule has 1 N–H and O–H groups in total. The number of amides is 3.